The number of para-hydroxylation sites is 1. The Labute approximate surface area is 181 Å². The summed E-state index contributed by atoms with van der Waals surface area (Å²) in [6.07, 6.45) is 0.916. The average Bonchev–Trinajstić information content (AvgIpc) is 3.20. The van der Waals surface area contributed by atoms with Crippen LogP contribution >= 0.6 is 11.8 Å². The Morgan fingerprint density at radius 3 is 2.33 bits per heavy atom. The smallest absolute Gasteiger partial charge is 0.191 e. The van der Waals surface area contributed by atoms with Gasteiger partial charge in [0.15, 0.2) is 11.0 Å². The van der Waals surface area contributed by atoms with Crippen molar-refractivity contribution in [3.8, 4) is 17.1 Å². The van der Waals surface area contributed by atoms with Gasteiger partial charge in [0.25, 0.3) is 0 Å². The van der Waals surface area contributed by atoms with Crippen molar-refractivity contribution >= 4 is 11.8 Å². The highest BCUT2D eigenvalue weighted by molar-refractivity contribution is 7.98. The average molecular weight is 416 g/mol. The molecule has 0 fully saturated rings. The summed E-state index contributed by atoms with van der Waals surface area (Å²) in [5.41, 5.74) is 4.81. The van der Waals surface area contributed by atoms with Crippen molar-refractivity contribution in [2.45, 2.75) is 30.8 Å². The van der Waals surface area contributed by atoms with Gasteiger partial charge in [0.05, 0.1) is 12.7 Å². The van der Waals surface area contributed by atoms with Crippen LogP contribution in [0.25, 0.3) is 11.4 Å². The van der Waals surface area contributed by atoms with E-state index in [1.165, 1.54) is 16.7 Å². The van der Waals surface area contributed by atoms with Crippen LogP contribution in [0.1, 0.15) is 16.7 Å². The van der Waals surface area contributed by atoms with Gasteiger partial charge in [-0.3, -0.25) is 0 Å². The molecule has 0 aliphatic heterocycles. The second kappa shape index (κ2) is 9.63. The summed E-state index contributed by atoms with van der Waals surface area (Å²) in [6, 6.07) is 27.2. The van der Waals surface area contributed by atoms with E-state index >= 15 is 0 Å². The Morgan fingerprint density at radius 2 is 1.57 bits per heavy atom. The molecule has 152 valence electrons. The molecule has 0 radical (unpaired) electrons. The third kappa shape index (κ3) is 4.74. The van der Waals surface area contributed by atoms with Gasteiger partial charge in [-0.25, -0.2) is 0 Å². The number of aryl methyl sites for hydroxylation is 2. The molecule has 5 heteroatoms. The number of ether oxygens (including phenoxy) is 1. The van der Waals surface area contributed by atoms with Crippen LogP contribution in [0.15, 0.2) is 84.0 Å². The lowest BCUT2D eigenvalue weighted by Crippen LogP contribution is -2.06. The first kappa shape index (κ1) is 20.2. The van der Waals surface area contributed by atoms with E-state index in [4.69, 9.17) is 4.74 Å². The SMILES string of the molecule is COc1ccccc1-c1nnc(SCc2ccc(C)cc2)n1CCc1ccccc1. The number of nitrogens with zero attached hydrogens (tertiary/aromatic N) is 3. The van der Waals surface area contributed by atoms with E-state index in [9.17, 15) is 0 Å². The molecule has 0 atom stereocenters. The minimum Gasteiger partial charge on any atom is -0.496 e. The molecule has 1 heterocycles. The van der Waals surface area contributed by atoms with Crippen molar-refractivity contribution in [1.29, 1.82) is 0 Å². The maximum atomic E-state index is 5.58. The highest BCUT2D eigenvalue weighted by Gasteiger charge is 2.17. The van der Waals surface area contributed by atoms with E-state index in [0.717, 1.165) is 41.0 Å². The number of hydrogen-bond acceptors (Lipinski definition) is 4. The summed E-state index contributed by atoms with van der Waals surface area (Å²) in [4.78, 5) is 0. The van der Waals surface area contributed by atoms with E-state index in [2.05, 4.69) is 70.2 Å². The molecule has 0 bridgehead atoms. The first-order valence-corrected chi connectivity index (χ1v) is 11.0. The zero-order chi connectivity index (χ0) is 20.8. The van der Waals surface area contributed by atoms with Crippen LogP contribution in [0.3, 0.4) is 0 Å². The summed E-state index contributed by atoms with van der Waals surface area (Å²) in [7, 11) is 1.69. The maximum absolute atomic E-state index is 5.58. The fourth-order valence-electron chi connectivity index (χ4n) is 3.34. The van der Waals surface area contributed by atoms with Gasteiger partial charge in [-0.15, -0.1) is 10.2 Å². The minimum absolute atomic E-state index is 0.806. The van der Waals surface area contributed by atoms with Crippen molar-refractivity contribution in [2.24, 2.45) is 0 Å². The summed E-state index contributed by atoms with van der Waals surface area (Å²) in [5.74, 6) is 2.51. The van der Waals surface area contributed by atoms with E-state index in [-0.39, 0.29) is 0 Å². The molecule has 0 aliphatic rings. The fourth-order valence-corrected chi connectivity index (χ4v) is 4.26. The molecule has 0 N–H and O–H groups in total. The highest BCUT2D eigenvalue weighted by atomic mass is 32.2. The van der Waals surface area contributed by atoms with E-state index in [0.29, 0.717) is 0 Å². The normalized spacial score (nSPS) is 10.9. The van der Waals surface area contributed by atoms with Gasteiger partial charge in [0, 0.05) is 12.3 Å². The van der Waals surface area contributed by atoms with E-state index in [1.807, 2.05) is 30.3 Å². The maximum Gasteiger partial charge on any atom is 0.191 e. The lowest BCUT2D eigenvalue weighted by molar-refractivity contribution is 0.415. The topological polar surface area (TPSA) is 39.9 Å². The second-order valence-corrected chi connectivity index (χ2v) is 8.11. The van der Waals surface area contributed by atoms with Crippen LogP contribution in [-0.4, -0.2) is 21.9 Å². The third-order valence-corrected chi connectivity index (χ3v) is 6.06. The van der Waals surface area contributed by atoms with Gasteiger partial charge in [0.2, 0.25) is 0 Å². The van der Waals surface area contributed by atoms with Gasteiger partial charge in [-0.1, -0.05) is 84.1 Å². The molecule has 3 aromatic carbocycles. The molecule has 1 aromatic heterocycles. The van der Waals surface area contributed by atoms with Crippen molar-refractivity contribution in [3.05, 3.63) is 95.6 Å². The van der Waals surface area contributed by atoms with E-state index in [1.54, 1.807) is 18.9 Å². The Bertz CT molecular complexity index is 1090. The highest BCUT2D eigenvalue weighted by Crippen LogP contribution is 2.32. The Hall–Kier alpha value is -3.05. The zero-order valence-corrected chi connectivity index (χ0v) is 18.1. The summed E-state index contributed by atoms with van der Waals surface area (Å²) < 4.78 is 7.79. The Kier molecular flexibility index (Phi) is 6.50. The van der Waals surface area contributed by atoms with Gasteiger partial charge < -0.3 is 9.30 Å². The first-order valence-electron chi connectivity index (χ1n) is 10.0. The molecular formula is C25H25N3OS. The van der Waals surface area contributed by atoms with Crippen molar-refractivity contribution < 1.29 is 4.74 Å². The minimum atomic E-state index is 0.806. The molecule has 0 saturated carbocycles. The van der Waals surface area contributed by atoms with Crippen molar-refractivity contribution in [2.75, 3.05) is 7.11 Å². The van der Waals surface area contributed by atoms with Gasteiger partial charge in [0.1, 0.15) is 5.75 Å². The van der Waals surface area contributed by atoms with Crippen molar-refractivity contribution in [3.63, 3.8) is 0 Å². The Morgan fingerprint density at radius 1 is 0.833 bits per heavy atom. The summed E-state index contributed by atoms with van der Waals surface area (Å²) in [5, 5.41) is 10.0. The van der Waals surface area contributed by atoms with Gasteiger partial charge in [-0.2, -0.15) is 0 Å². The molecule has 0 spiro atoms. The summed E-state index contributed by atoms with van der Waals surface area (Å²) in [6.45, 7) is 2.91. The number of hydrogen-bond donors (Lipinski definition) is 0. The molecule has 0 saturated heterocycles. The number of rotatable bonds is 8. The predicted octanol–water partition coefficient (Wildman–Crippen LogP) is 5.80. The molecule has 0 unspecified atom stereocenters. The zero-order valence-electron chi connectivity index (χ0n) is 17.3. The van der Waals surface area contributed by atoms with Crippen molar-refractivity contribution in [1.82, 2.24) is 14.8 Å². The molecular weight excluding hydrogens is 390 g/mol. The third-order valence-electron chi connectivity index (χ3n) is 5.02. The molecule has 30 heavy (non-hydrogen) atoms. The Balaban J connectivity index is 1.63. The van der Waals surface area contributed by atoms with Crippen LogP contribution < -0.4 is 4.74 Å². The summed E-state index contributed by atoms with van der Waals surface area (Å²) >= 11 is 1.72. The lowest BCUT2D eigenvalue weighted by Gasteiger charge is -2.12. The fraction of sp³-hybridized carbons (Fsp3) is 0.200. The quantitative estimate of drug-likeness (QED) is 0.341. The number of methoxy groups -OCH3 is 1. The van der Waals surface area contributed by atoms with Crippen LogP contribution in [0.2, 0.25) is 0 Å². The van der Waals surface area contributed by atoms with Crippen LogP contribution in [0.5, 0.6) is 5.75 Å². The second-order valence-electron chi connectivity index (χ2n) is 7.17. The molecule has 4 nitrogen and oxygen atoms in total. The molecule has 4 aromatic rings. The van der Waals surface area contributed by atoms with Gasteiger partial charge in [-0.05, 0) is 36.6 Å². The van der Waals surface area contributed by atoms with Gasteiger partial charge >= 0.3 is 0 Å². The number of aromatic nitrogens is 3. The van der Waals surface area contributed by atoms with Crippen LogP contribution in [0.4, 0.5) is 0 Å². The first-order chi connectivity index (χ1) is 14.7. The molecule has 0 amide bonds. The lowest BCUT2D eigenvalue weighted by atomic mass is 10.1. The standard InChI is InChI=1S/C25H25N3OS/c1-19-12-14-21(15-13-19)18-30-25-27-26-24(22-10-6-7-11-23(22)29-2)28(25)17-16-20-8-4-3-5-9-20/h3-15H,16-18H2,1-2H3. The predicted molar refractivity (Wildman–Crippen MR) is 123 cm³/mol. The number of thioether (sulfide) groups is 1. The van der Waals surface area contributed by atoms with Crippen LogP contribution in [-0.2, 0) is 18.7 Å². The number of benzene rings is 3. The monoisotopic (exact) mass is 415 g/mol. The molecule has 0 aliphatic carbocycles. The van der Waals surface area contributed by atoms with Crippen LogP contribution in [0, 0.1) is 6.92 Å². The van der Waals surface area contributed by atoms with E-state index < -0.39 is 0 Å². The molecule has 4 rings (SSSR count). The largest absolute Gasteiger partial charge is 0.496 e.